The van der Waals surface area contributed by atoms with Gasteiger partial charge in [0.25, 0.3) is 0 Å². The lowest BCUT2D eigenvalue weighted by Crippen LogP contribution is -2.35. The number of aromatic nitrogens is 2. The first-order chi connectivity index (χ1) is 14.5. The summed E-state index contributed by atoms with van der Waals surface area (Å²) in [5.74, 6) is 0.643. The highest BCUT2D eigenvalue weighted by molar-refractivity contribution is 5.93. The highest BCUT2D eigenvalue weighted by Crippen LogP contribution is 2.22. The fourth-order valence-electron chi connectivity index (χ4n) is 3.68. The number of nitrogens with one attached hydrogen (secondary N) is 1. The van der Waals surface area contributed by atoms with Crippen molar-refractivity contribution in [3.05, 3.63) is 60.4 Å². The number of carbonyl (C=O) groups is 2. The second-order valence-corrected chi connectivity index (χ2v) is 7.58. The van der Waals surface area contributed by atoms with Crippen molar-refractivity contribution in [3.8, 4) is 0 Å². The number of anilines is 1. The van der Waals surface area contributed by atoms with E-state index in [-0.39, 0.29) is 30.3 Å². The van der Waals surface area contributed by atoms with Gasteiger partial charge in [-0.05, 0) is 44.0 Å². The summed E-state index contributed by atoms with van der Waals surface area (Å²) in [6, 6.07) is 17.0. The van der Waals surface area contributed by atoms with Crippen LogP contribution in [0.5, 0.6) is 0 Å². The van der Waals surface area contributed by atoms with Crippen LogP contribution in [0.15, 0.2) is 54.6 Å². The second-order valence-electron chi connectivity index (χ2n) is 7.58. The molecule has 6 heteroatoms. The summed E-state index contributed by atoms with van der Waals surface area (Å²) in [6.07, 6.45) is 1.59. The first-order valence-electron chi connectivity index (χ1n) is 10.5. The number of rotatable bonds is 8. The number of nitrogens with zero attached hydrogens (tertiary/aromatic N) is 3. The third-order valence-electron chi connectivity index (χ3n) is 5.60. The second kappa shape index (κ2) is 9.57. The fourth-order valence-corrected chi connectivity index (χ4v) is 3.68. The molecule has 0 fully saturated rings. The fraction of sp³-hybridized carbons (Fsp3) is 0.375. The smallest absolute Gasteiger partial charge is 0.246 e. The summed E-state index contributed by atoms with van der Waals surface area (Å²) < 4.78 is 1.91. The zero-order valence-electron chi connectivity index (χ0n) is 18.1. The third-order valence-corrected chi connectivity index (χ3v) is 5.60. The Morgan fingerprint density at radius 2 is 1.67 bits per heavy atom. The number of fused-ring (bicyclic) bond motifs is 1. The average Bonchev–Trinajstić information content (AvgIpc) is 3.13. The first-order valence-corrected chi connectivity index (χ1v) is 10.5. The van der Waals surface area contributed by atoms with E-state index in [1.165, 1.54) is 0 Å². The number of hydrogen-bond acceptors (Lipinski definition) is 3. The number of carbonyl (C=O) groups excluding carboxylic acids is 2. The van der Waals surface area contributed by atoms with E-state index >= 15 is 0 Å². The molecule has 1 N–H and O–H groups in total. The van der Waals surface area contributed by atoms with Crippen molar-refractivity contribution in [3.63, 3.8) is 0 Å². The molecule has 3 aromatic rings. The highest BCUT2D eigenvalue weighted by Gasteiger charge is 2.23. The molecule has 0 saturated heterocycles. The van der Waals surface area contributed by atoms with E-state index < -0.39 is 0 Å². The van der Waals surface area contributed by atoms with Gasteiger partial charge in [-0.15, -0.1) is 0 Å². The zero-order valence-corrected chi connectivity index (χ0v) is 18.1. The van der Waals surface area contributed by atoms with Crippen molar-refractivity contribution in [1.29, 1.82) is 0 Å². The van der Waals surface area contributed by atoms with Gasteiger partial charge < -0.3 is 14.8 Å². The van der Waals surface area contributed by atoms with Crippen LogP contribution in [0.1, 0.15) is 45.5 Å². The Kier molecular flexibility index (Phi) is 6.87. The monoisotopic (exact) mass is 406 g/mol. The molecule has 1 heterocycles. The topological polar surface area (TPSA) is 67.2 Å². The largest absolute Gasteiger partial charge is 0.346 e. The van der Waals surface area contributed by atoms with Crippen molar-refractivity contribution in [1.82, 2.24) is 14.9 Å². The summed E-state index contributed by atoms with van der Waals surface area (Å²) in [5, 5.41) is 3.09. The average molecular weight is 407 g/mol. The molecule has 0 aliphatic carbocycles. The number of para-hydroxylation sites is 3. The SMILES string of the molecule is CCC(CC)C(=O)NC(C)c1nc2ccccc2n1CC(=O)N(C)c1ccccc1. The Balaban J connectivity index is 1.90. The number of amides is 2. The molecule has 30 heavy (non-hydrogen) atoms. The van der Waals surface area contributed by atoms with E-state index in [4.69, 9.17) is 4.98 Å². The van der Waals surface area contributed by atoms with E-state index in [9.17, 15) is 9.59 Å². The molecule has 3 rings (SSSR count). The molecule has 0 spiro atoms. The van der Waals surface area contributed by atoms with E-state index in [2.05, 4.69) is 5.32 Å². The van der Waals surface area contributed by atoms with Crippen LogP contribution in [0.25, 0.3) is 11.0 Å². The molecule has 158 valence electrons. The zero-order chi connectivity index (χ0) is 21.7. The van der Waals surface area contributed by atoms with Crippen LogP contribution in [-0.2, 0) is 16.1 Å². The van der Waals surface area contributed by atoms with Gasteiger partial charge in [0.15, 0.2) is 0 Å². The molecule has 0 aliphatic heterocycles. The molecule has 1 aromatic heterocycles. The van der Waals surface area contributed by atoms with Gasteiger partial charge >= 0.3 is 0 Å². The maximum atomic E-state index is 13.0. The Morgan fingerprint density at radius 3 is 2.33 bits per heavy atom. The number of likely N-dealkylation sites (N-methyl/N-ethyl adjacent to an activating group) is 1. The summed E-state index contributed by atoms with van der Waals surface area (Å²) in [6.45, 7) is 6.10. The Bertz CT molecular complexity index is 1010. The molecular formula is C24H30N4O2. The molecule has 0 radical (unpaired) electrons. The lowest BCUT2D eigenvalue weighted by atomic mass is 10.0. The van der Waals surface area contributed by atoms with Crippen molar-refractivity contribution < 1.29 is 9.59 Å². The minimum Gasteiger partial charge on any atom is -0.346 e. The molecule has 2 aromatic carbocycles. The van der Waals surface area contributed by atoms with Gasteiger partial charge in [0.05, 0.1) is 17.1 Å². The quantitative estimate of drug-likeness (QED) is 0.606. The summed E-state index contributed by atoms with van der Waals surface area (Å²) in [5.41, 5.74) is 2.53. The van der Waals surface area contributed by atoms with Gasteiger partial charge in [-0.1, -0.05) is 44.2 Å². The van der Waals surface area contributed by atoms with Crippen LogP contribution < -0.4 is 10.2 Å². The minimum absolute atomic E-state index is 0.0175. The van der Waals surface area contributed by atoms with E-state index in [0.717, 1.165) is 29.6 Å². The van der Waals surface area contributed by atoms with E-state index in [1.54, 1.807) is 11.9 Å². The van der Waals surface area contributed by atoms with Crippen LogP contribution >= 0.6 is 0 Å². The Labute approximate surface area is 177 Å². The third kappa shape index (κ3) is 4.53. The van der Waals surface area contributed by atoms with Crippen LogP contribution in [0.4, 0.5) is 5.69 Å². The van der Waals surface area contributed by atoms with Gasteiger partial charge in [-0.2, -0.15) is 0 Å². The Morgan fingerprint density at radius 1 is 1.03 bits per heavy atom. The molecular weight excluding hydrogens is 376 g/mol. The number of imidazole rings is 1. The van der Waals surface area contributed by atoms with Crippen LogP contribution in [-0.4, -0.2) is 28.4 Å². The van der Waals surface area contributed by atoms with Crippen LogP contribution in [0, 0.1) is 5.92 Å². The molecule has 0 aliphatic rings. The Hall–Kier alpha value is -3.15. The van der Waals surface area contributed by atoms with Crippen molar-refractivity contribution >= 4 is 28.5 Å². The normalized spacial score (nSPS) is 12.2. The van der Waals surface area contributed by atoms with Gasteiger partial charge in [-0.25, -0.2) is 4.98 Å². The molecule has 1 unspecified atom stereocenters. The lowest BCUT2D eigenvalue weighted by molar-refractivity contribution is -0.125. The molecule has 1 atom stereocenters. The van der Waals surface area contributed by atoms with Crippen molar-refractivity contribution in [2.24, 2.45) is 5.92 Å². The first kappa shape index (κ1) is 21.6. The standard InChI is InChI=1S/C24H30N4O2/c1-5-18(6-2)24(30)25-17(3)23-26-20-14-10-11-15-21(20)28(23)16-22(29)27(4)19-12-8-7-9-13-19/h7-15,17-18H,5-6,16H2,1-4H3,(H,25,30). The van der Waals surface area contributed by atoms with Gasteiger partial charge in [-0.3, -0.25) is 9.59 Å². The number of hydrogen-bond donors (Lipinski definition) is 1. The lowest BCUT2D eigenvalue weighted by Gasteiger charge is -2.21. The molecule has 0 saturated carbocycles. The maximum Gasteiger partial charge on any atom is 0.246 e. The number of benzene rings is 2. The van der Waals surface area contributed by atoms with Crippen LogP contribution in [0.3, 0.4) is 0 Å². The maximum absolute atomic E-state index is 13.0. The molecule has 2 amide bonds. The molecule has 0 bridgehead atoms. The minimum atomic E-state index is -0.305. The predicted octanol–water partition coefficient (Wildman–Crippen LogP) is 4.31. The predicted molar refractivity (Wildman–Crippen MR) is 120 cm³/mol. The summed E-state index contributed by atoms with van der Waals surface area (Å²) >= 11 is 0. The van der Waals surface area contributed by atoms with Gasteiger partial charge in [0, 0.05) is 18.7 Å². The van der Waals surface area contributed by atoms with E-state index in [0.29, 0.717) is 5.82 Å². The van der Waals surface area contributed by atoms with Crippen molar-refractivity contribution in [2.75, 3.05) is 11.9 Å². The van der Waals surface area contributed by atoms with Gasteiger partial charge in [0.2, 0.25) is 11.8 Å². The van der Waals surface area contributed by atoms with Crippen molar-refractivity contribution in [2.45, 2.75) is 46.2 Å². The molecule has 6 nitrogen and oxygen atoms in total. The van der Waals surface area contributed by atoms with E-state index in [1.807, 2.05) is 79.9 Å². The van der Waals surface area contributed by atoms with Gasteiger partial charge in [0.1, 0.15) is 12.4 Å². The summed E-state index contributed by atoms with van der Waals surface area (Å²) in [7, 11) is 1.77. The van der Waals surface area contributed by atoms with Crippen LogP contribution in [0.2, 0.25) is 0 Å². The summed E-state index contributed by atoms with van der Waals surface area (Å²) in [4.78, 5) is 32.0. The highest BCUT2D eigenvalue weighted by atomic mass is 16.2.